The normalized spacial score (nSPS) is 14.3. The van der Waals surface area contributed by atoms with Gasteiger partial charge in [0.05, 0.1) is 16.8 Å². The fraction of sp³-hybridized carbons (Fsp3) is 0.156. The van der Waals surface area contributed by atoms with Crippen molar-refractivity contribution in [1.29, 1.82) is 0 Å². The van der Waals surface area contributed by atoms with Crippen LogP contribution in [0, 0.1) is 12.7 Å². The molecular weight excluding hydrogens is 507 g/mol. The summed E-state index contributed by atoms with van der Waals surface area (Å²) in [7, 11) is 1.55. The number of furan rings is 1. The summed E-state index contributed by atoms with van der Waals surface area (Å²) in [6.45, 7) is 5.61. The van der Waals surface area contributed by atoms with E-state index >= 15 is 0 Å². The summed E-state index contributed by atoms with van der Waals surface area (Å²) in [6.07, 6.45) is 6.35. The maximum atomic E-state index is 13.5. The molecule has 0 bridgehead atoms. The summed E-state index contributed by atoms with van der Waals surface area (Å²) in [4.78, 5) is 30.4. The fourth-order valence-corrected chi connectivity index (χ4v) is 4.86. The van der Waals surface area contributed by atoms with E-state index in [1.165, 1.54) is 18.3 Å². The first-order chi connectivity index (χ1) is 19.3. The van der Waals surface area contributed by atoms with Crippen molar-refractivity contribution >= 4 is 29.5 Å². The van der Waals surface area contributed by atoms with Crippen LogP contribution >= 0.6 is 0 Å². The van der Waals surface area contributed by atoms with E-state index in [1.807, 2.05) is 31.2 Å². The van der Waals surface area contributed by atoms with Crippen molar-refractivity contribution in [2.75, 3.05) is 7.05 Å². The van der Waals surface area contributed by atoms with Gasteiger partial charge in [-0.1, -0.05) is 12.1 Å². The molecule has 5 rings (SSSR count). The zero-order valence-corrected chi connectivity index (χ0v) is 22.3. The predicted molar refractivity (Wildman–Crippen MR) is 156 cm³/mol. The Balaban J connectivity index is 1.53. The van der Waals surface area contributed by atoms with Crippen LogP contribution in [0.3, 0.4) is 0 Å². The molecule has 0 aliphatic heterocycles. The second kappa shape index (κ2) is 10.6. The van der Waals surface area contributed by atoms with E-state index in [2.05, 4.69) is 22.3 Å². The van der Waals surface area contributed by atoms with Crippen molar-refractivity contribution in [2.24, 2.45) is 10.7 Å². The third-order valence-electron chi connectivity index (χ3n) is 7.19. The number of hydrogen-bond donors (Lipinski definition) is 3. The molecule has 4 N–H and O–H groups in total. The number of carbonyl (C=O) groups is 2. The van der Waals surface area contributed by atoms with Gasteiger partial charge in [-0.3, -0.25) is 14.6 Å². The molecule has 202 valence electrons. The SMILES string of the molecule is C=N/C(=C\C=C/N)C1(NC(=O)c2ccc(C)c(-c3ccc4oc(-c5ccc(F)cc5)c(C(=O)NC)c4c3)c2)CC1. The maximum absolute atomic E-state index is 13.5. The van der Waals surface area contributed by atoms with Gasteiger partial charge in [-0.15, -0.1) is 0 Å². The molecule has 1 fully saturated rings. The number of nitrogens with zero attached hydrogens (tertiary/aromatic N) is 1. The molecule has 40 heavy (non-hydrogen) atoms. The highest BCUT2D eigenvalue weighted by Crippen LogP contribution is 2.43. The molecule has 7 nitrogen and oxygen atoms in total. The van der Waals surface area contributed by atoms with Crippen LogP contribution in [0.5, 0.6) is 0 Å². The van der Waals surface area contributed by atoms with E-state index in [4.69, 9.17) is 10.2 Å². The summed E-state index contributed by atoms with van der Waals surface area (Å²) in [5.74, 6) is -0.565. The monoisotopic (exact) mass is 536 g/mol. The first kappa shape index (κ1) is 26.6. The number of rotatable bonds is 8. The molecule has 3 aromatic carbocycles. The van der Waals surface area contributed by atoms with Crippen LogP contribution in [-0.2, 0) is 0 Å². The molecule has 0 atom stereocenters. The van der Waals surface area contributed by atoms with Crippen LogP contribution in [0.15, 0.2) is 94.1 Å². The Bertz CT molecular complexity index is 1700. The number of nitrogens with one attached hydrogen (secondary N) is 2. The number of aryl methyl sites for hydroxylation is 1. The number of fused-ring (bicyclic) bond motifs is 1. The van der Waals surface area contributed by atoms with Crippen molar-refractivity contribution < 1.29 is 18.4 Å². The van der Waals surface area contributed by atoms with Crippen LogP contribution in [0.1, 0.15) is 39.1 Å². The van der Waals surface area contributed by atoms with E-state index in [0.29, 0.717) is 39.1 Å². The van der Waals surface area contributed by atoms with Crippen molar-refractivity contribution in [3.63, 3.8) is 0 Å². The third kappa shape index (κ3) is 4.91. The van der Waals surface area contributed by atoms with Crippen molar-refractivity contribution in [3.8, 4) is 22.5 Å². The van der Waals surface area contributed by atoms with Gasteiger partial charge in [0.2, 0.25) is 0 Å². The highest BCUT2D eigenvalue weighted by molar-refractivity contribution is 6.12. The predicted octanol–water partition coefficient (Wildman–Crippen LogP) is 5.89. The van der Waals surface area contributed by atoms with Crippen molar-refractivity contribution in [3.05, 3.63) is 107 Å². The summed E-state index contributed by atoms with van der Waals surface area (Å²) >= 11 is 0. The van der Waals surface area contributed by atoms with Crippen LogP contribution in [0.4, 0.5) is 4.39 Å². The molecule has 1 heterocycles. The van der Waals surface area contributed by atoms with Gasteiger partial charge in [0.25, 0.3) is 11.8 Å². The van der Waals surface area contributed by atoms with Gasteiger partial charge >= 0.3 is 0 Å². The maximum Gasteiger partial charge on any atom is 0.255 e. The number of amides is 2. The largest absolute Gasteiger partial charge is 0.455 e. The van der Waals surface area contributed by atoms with Gasteiger partial charge in [0.1, 0.15) is 17.2 Å². The number of allylic oxidation sites excluding steroid dienone is 2. The standard InChI is InChI=1S/C32H29FN4O3/c1-19-6-7-22(30(38)37-32(14-15-32)27(35-2)5-4-16-34)18-24(19)21-10-13-26-25(17-21)28(31(39)36-3)29(40-26)20-8-11-23(33)12-9-20/h4-13,16-18H,2,14-15,34H2,1,3H3,(H,36,39)(H,37,38)/b16-4-,27-5-. The molecule has 1 aromatic heterocycles. The Morgan fingerprint density at radius 2 is 1.77 bits per heavy atom. The summed E-state index contributed by atoms with van der Waals surface area (Å²) in [5, 5.41) is 6.41. The van der Waals surface area contributed by atoms with Gasteiger partial charge in [0.15, 0.2) is 0 Å². The molecule has 8 heteroatoms. The number of nitrogens with two attached hydrogens (primary N) is 1. The molecule has 0 spiro atoms. The average molecular weight is 537 g/mol. The van der Waals surface area contributed by atoms with Crippen molar-refractivity contribution in [1.82, 2.24) is 10.6 Å². The summed E-state index contributed by atoms with van der Waals surface area (Å²) < 4.78 is 19.6. The Labute approximate surface area is 231 Å². The van der Waals surface area contributed by atoms with Gasteiger partial charge in [-0.05, 0) is 110 Å². The van der Waals surface area contributed by atoms with Gasteiger partial charge in [-0.2, -0.15) is 0 Å². The lowest BCUT2D eigenvalue weighted by Gasteiger charge is -2.18. The zero-order valence-electron chi connectivity index (χ0n) is 22.3. The smallest absolute Gasteiger partial charge is 0.255 e. The fourth-order valence-electron chi connectivity index (χ4n) is 4.86. The average Bonchev–Trinajstić information content (AvgIpc) is 3.63. The lowest BCUT2D eigenvalue weighted by molar-refractivity contribution is 0.0935. The minimum atomic E-state index is -0.557. The highest BCUT2D eigenvalue weighted by atomic mass is 19.1. The van der Waals surface area contributed by atoms with Crippen LogP contribution in [0.2, 0.25) is 0 Å². The van der Waals surface area contributed by atoms with E-state index in [9.17, 15) is 14.0 Å². The van der Waals surface area contributed by atoms with Gasteiger partial charge < -0.3 is 20.8 Å². The highest BCUT2D eigenvalue weighted by Gasteiger charge is 2.47. The molecule has 4 aromatic rings. The molecule has 2 amide bonds. The minimum Gasteiger partial charge on any atom is -0.455 e. The number of benzene rings is 3. The van der Waals surface area contributed by atoms with E-state index in [0.717, 1.165) is 29.5 Å². The first-order valence-corrected chi connectivity index (χ1v) is 12.8. The number of aliphatic imine (C=N–C) groups is 1. The lowest BCUT2D eigenvalue weighted by Crippen LogP contribution is -2.38. The zero-order chi connectivity index (χ0) is 28.4. The van der Waals surface area contributed by atoms with Crippen LogP contribution in [-0.4, -0.2) is 31.1 Å². The summed E-state index contributed by atoms with van der Waals surface area (Å²) in [6, 6.07) is 16.9. The molecule has 0 unspecified atom stereocenters. The quantitative estimate of drug-likeness (QED) is 0.193. The Morgan fingerprint density at radius 3 is 2.42 bits per heavy atom. The molecular formula is C32H29FN4O3. The molecule has 1 saturated carbocycles. The molecule has 1 aliphatic carbocycles. The number of carbonyl (C=O) groups excluding carboxylic acids is 2. The van der Waals surface area contributed by atoms with Gasteiger partial charge in [-0.25, -0.2) is 4.39 Å². The Kier molecular flexibility index (Phi) is 7.09. The second-order valence-corrected chi connectivity index (χ2v) is 9.76. The number of hydrogen-bond acceptors (Lipinski definition) is 5. The Morgan fingerprint density at radius 1 is 1.05 bits per heavy atom. The topological polar surface area (TPSA) is 110 Å². The van der Waals surface area contributed by atoms with Crippen molar-refractivity contribution in [2.45, 2.75) is 25.3 Å². The van der Waals surface area contributed by atoms with Crippen LogP contribution < -0.4 is 16.4 Å². The van der Waals surface area contributed by atoms with Gasteiger partial charge in [0, 0.05) is 23.6 Å². The van der Waals surface area contributed by atoms with E-state index in [1.54, 1.807) is 43.5 Å². The molecule has 0 radical (unpaired) electrons. The van der Waals surface area contributed by atoms with Crippen LogP contribution in [0.25, 0.3) is 33.4 Å². The van der Waals surface area contributed by atoms with E-state index < -0.39 is 5.54 Å². The van der Waals surface area contributed by atoms with E-state index in [-0.39, 0.29) is 17.6 Å². The molecule has 0 saturated heterocycles. The third-order valence-corrected chi connectivity index (χ3v) is 7.19. The molecule has 1 aliphatic rings. The second-order valence-electron chi connectivity index (χ2n) is 9.76. The minimum absolute atomic E-state index is 0.223. The summed E-state index contributed by atoms with van der Waals surface area (Å²) in [5.41, 5.74) is 10.2. The Hall–Kier alpha value is -4.98. The first-order valence-electron chi connectivity index (χ1n) is 12.8. The lowest BCUT2D eigenvalue weighted by atomic mass is 9.95. The number of halogens is 1.